The average Bonchev–Trinajstić information content (AvgIpc) is 2.71. The third-order valence-electron chi connectivity index (χ3n) is 4.33. The van der Waals surface area contributed by atoms with Crippen LogP contribution >= 0.6 is 0 Å². The summed E-state index contributed by atoms with van der Waals surface area (Å²) < 4.78 is 38.2. The number of hydrogen-bond acceptors (Lipinski definition) is 1. The maximum absolute atomic E-state index is 12.7. The van der Waals surface area contributed by atoms with Gasteiger partial charge in [-0.2, -0.15) is 13.2 Å². The molecule has 0 spiro atoms. The number of benzene rings is 1. The Morgan fingerprint density at radius 1 is 1.39 bits per heavy atom. The first-order valence-corrected chi connectivity index (χ1v) is 6.28. The predicted molar refractivity (Wildman–Crippen MR) is 65.2 cm³/mol. The Morgan fingerprint density at radius 2 is 2.11 bits per heavy atom. The second kappa shape index (κ2) is 4.57. The third-order valence-corrected chi connectivity index (χ3v) is 4.33. The summed E-state index contributed by atoms with van der Waals surface area (Å²) in [7, 11) is 0. The topological polar surface area (TPSA) is 26.0 Å². The molecule has 1 saturated carbocycles. The monoisotopic (exact) mass is 257 g/mol. The fourth-order valence-corrected chi connectivity index (χ4v) is 3.10. The molecule has 0 amide bonds. The van der Waals surface area contributed by atoms with Gasteiger partial charge in [-0.3, -0.25) is 0 Å². The van der Waals surface area contributed by atoms with Crippen LogP contribution in [0.4, 0.5) is 13.2 Å². The number of alkyl halides is 3. The minimum atomic E-state index is -4.28. The van der Waals surface area contributed by atoms with Gasteiger partial charge in [0.15, 0.2) is 0 Å². The molecule has 0 aromatic heterocycles. The Balaban J connectivity index is 2.44. The van der Waals surface area contributed by atoms with E-state index in [9.17, 15) is 13.2 Å². The molecule has 0 heterocycles. The first-order chi connectivity index (χ1) is 8.40. The van der Waals surface area contributed by atoms with Crippen molar-refractivity contribution in [3.63, 3.8) is 0 Å². The second-order valence-corrected chi connectivity index (χ2v) is 5.23. The normalized spacial score (nSPS) is 28.6. The Kier molecular flexibility index (Phi) is 3.41. The van der Waals surface area contributed by atoms with Gasteiger partial charge in [0, 0.05) is 12.0 Å². The van der Waals surface area contributed by atoms with E-state index in [1.165, 1.54) is 12.1 Å². The van der Waals surface area contributed by atoms with Gasteiger partial charge >= 0.3 is 6.18 Å². The quantitative estimate of drug-likeness (QED) is 0.858. The molecule has 1 nitrogen and oxygen atoms in total. The molecular weight excluding hydrogens is 239 g/mol. The van der Waals surface area contributed by atoms with Gasteiger partial charge in [0.25, 0.3) is 0 Å². The van der Waals surface area contributed by atoms with Crippen LogP contribution in [0.15, 0.2) is 24.3 Å². The first kappa shape index (κ1) is 13.4. The Labute approximate surface area is 105 Å². The second-order valence-electron chi connectivity index (χ2n) is 5.23. The molecule has 0 aliphatic heterocycles. The molecule has 1 aliphatic rings. The van der Waals surface area contributed by atoms with Crippen LogP contribution in [-0.4, -0.2) is 6.54 Å². The molecule has 2 N–H and O–H groups in total. The Bertz CT molecular complexity index is 427. The summed E-state index contributed by atoms with van der Waals surface area (Å²) in [6.07, 6.45) is -1.33. The highest BCUT2D eigenvalue weighted by atomic mass is 19.4. The van der Waals surface area contributed by atoms with E-state index >= 15 is 0 Å². The number of nitrogens with two attached hydrogens (primary N) is 1. The summed E-state index contributed by atoms with van der Waals surface area (Å²) in [5.74, 6) is 0.339. The number of rotatable bonds is 2. The molecule has 0 saturated heterocycles. The van der Waals surface area contributed by atoms with E-state index < -0.39 is 11.7 Å². The highest BCUT2D eigenvalue weighted by Gasteiger charge is 2.41. The molecule has 1 aromatic rings. The molecule has 2 rings (SSSR count). The smallest absolute Gasteiger partial charge is 0.330 e. The minimum Gasteiger partial charge on any atom is -0.330 e. The van der Waals surface area contributed by atoms with E-state index in [1.807, 2.05) is 0 Å². The van der Waals surface area contributed by atoms with Crippen molar-refractivity contribution in [2.75, 3.05) is 6.54 Å². The predicted octanol–water partition coefficient (Wildman–Crippen LogP) is 3.72. The van der Waals surface area contributed by atoms with E-state index in [-0.39, 0.29) is 5.41 Å². The Hall–Kier alpha value is -1.03. The summed E-state index contributed by atoms with van der Waals surface area (Å²) in [4.78, 5) is 0. The molecule has 18 heavy (non-hydrogen) atoms. The van der Waals surface area contributed by atoms with E-state index in [0.717, 1.165) is 30.9 Å². The van der Waals surface area contributed by atoms with Gasteiger partial charge in [-0.05, 0) is 30.4 Å². The van der Waals surface area contributed by atoms with Crippen molar-refractivity contribution < 1.29 is 13.2 Å². The van der Waals surface area contributed by atoms with Crippen LogP contribution < -0.4 is 5.73 Å². The summed E-state index contributed by atoms with van der Waals surface area (Å²) in [6.45, 7) is 2.50. The minimum absolute atomic E-state index is 0.277. The molecule has 2 unspecified atom stereocenters. The maximum atomic E-state index is 12.7. The lowest BCUT2D eigenvalue weighted by atomic mass is 9.72. The lowest BCUT2D eigenvalue weighted by molar-refractivity contribution is -0.137. The first-order valence-electron chi connectivity index (χ1n) is 6.28. The molecule has 100 valence electrons. The summed E-state index contributed by atoms with van der Waals surface area (Å²) in [5, 5.41) is 0. The van der Waals surface area contributed by atoms with Gasteiger partial charge < -0.3 is 5.73 Å². The lowest BCUT2D eigenvalue weighted by Gasteiger charge is -2.33. The van der Waals surface area contributed by atoms with Gasteiger partial charge in [0.05, 0.1) is 5.56 Å². The molecule has 0 bridgehead atoms. The highest BCUT2D eigenvalue weighted by Crippen LogP contribution is 2.45. The molecule has 1 aromatic carbocycles. The fourth-order valence-electron chi connectivity index (χ4n) is 3.10. The van der Waals surface area contributed by atoms with Crippen molar-refractivity contribution in [2.24, 2.45) is 11.7 Å². The van der Waals surface area contributed by atoms with Crippen molar-refractivity contribution >= 4 is 0 Å². The summed E-state index contributed by atoms with van der Waals surface area (Å²) in [5.41, 5.74) is 5.76. The SMILES string of the molecule is CC1CCCC1(CN)c1cccc(C(F)(F)F)c1. The summed E-state index contributed by atoms with van der Waals surface area (Å²) >= 11 is 0. The highest BCUT2D eigenvalue weighted by molar-refractivity contribution is 5.33. The zero-order valence-electron chi connectivity index (χ0n) is 10.4. The van der Waals surface area contributed by atoms with E-state index in [1.54, 1.807) is 6.07 Å². The lowest BCUT2D eigenvalue weighted by Crippen LogP contribution is -2.37. The zero-order valence-corrected chi connectivity index (χ0v) is 10.4. The maximum Gasteiger partial charge on any atom is 0.416 e. The van der Waals surface area contributed by atoms with Crippen LogP contribution in [-0.2, 0) is 11.6 Å². The van der Waals surface area contributed by atoms with Crippen LogP contribution in [0.25, 0.3) is 0 Å². The molecular formula is C14H18F3N. The van der Waals surface area contributed by atoms with Crippen LogP contribution in [0.5, 0.6) is 0 Å². The van der Waals surface area contributed by atoms with Crippen molar-refractivity contribution in [3.05, 3.63) is 35.4 Å². The van der Waals surface area contributed by atoms with Crippen molar-refractivity contribution in [3.8, 4) is 0 Å². The molecule has 2 atom stereocenters. The molecule has 1 fully saturated rings. The number of hydrogen-bond donors (Lipinski definition) is 1. The molecule has 0 radical (unpaired) electrons. The molecule has 4 heteroatoms. The van der Waals surface area contributed by atoms with Crippen LogP contribution in [0, 0.1) is 5.92 Å². The van der Waals surface area contributed by atoms with Gasteiger partial charge in [0.1, 0.15) is 0 Å². The number of halogens is 3. The van der Waals surface area contributed by atoms with Gasteiger partial charge in [-0.15, -0.1) is 0 Å². The van der Waals surface area contributed by atoms with E-state index in [2.05, 4.69) is 6.92 Å². The van der Waals surface area contributed by atoms with Crippen molar-refractivity contribution in [1.29, 1.82) is 0 Å². The van der Waals surface area contributed by atoms with Crippen LogP contribution in [0.3, 0.4) is 0 Å². The fraction of sp³-hybridized carbons (Fsp3) is 0.571. The van der Waals surface area contributed by atoms with Crippen LogP contribution in [0.1, 0.15) is 37.3 Å². The van der Waals surface area contributed by atoms with Gasteiger partial charge in [-0.1, -0.05) is 31.5 Å². The van der Waals surface area contributed by atoms with E-state index in [0.29, 0.717) is 12.5 Å². The van der Waals surface area contributed by atoms with Crippen LogP contribution in [0.2, 0.25) is 0 Å². The van der Waals surface area contributed by atoms with E-state index in [4.69, 9.17) is 5.73 Å². The summed E-state index contributed by atoms with van der Waals surface area (Å²) in [6, 6.07) is 5.66. The zero-order chi connectivity index (χ0) is 13.4. The Morgan fingerprint density at radius 3 is 2.61 bits per heavy atom. The van der Waals surface area contributed by atoms with Gasteiger partial charge in [0.2, 0.25) is 0 Å². The molecule has 1 aliphatic carbocycles. The average molecular weight is 257 g/mol. The standard InChI is InChI=1S/C14H18F3N/c1-10-4-3-7-13(10,9-18)11-5-2-6-12(8-11)14(15,16)17/h2,5-6,8,10H,3-4,7,9,18H2,1H3. The van der Waals surface area contributed by atoms with Gasteiger partial charge in [-0.25, -0.2) is 0 Å². The van der Waals surface area contributed by atoms with Crippen molar-refractivity contribution in [1.82, 2.24) is 0 Å². The largest absolute Gasteiger partial charge is 0.416 e. The third kappa shape index (κ3) is 2.14. The van der Waals surface area contributed by atoms with Crippen molar-refractivity contribution in [2.45, 2.75) is 37.8 Å².